The van der Waals surface area contributed by atoms with Gasteiger partial charge in [-0.05, 0) is 22.0 Å². The van der Waals surface area contributed by atoms with E-state index in [1.807, 2.05) is 6.07 Å². The zero-order chi connectivity index (χ0) is 8.27. The fourth-order valence-corrected chi connectivity index (χ4v) is 1.31. The van der Waals surface area contributed by atoms with Crippen molar-refractivity contribution < 1.29 is 4.42 Å². The van der Waals surface area contributed by atoms with Crippen LogP contribution in [-0.4, -0.2) is 0 Å². The third-order valence-electron chi connectivity index (χ3n) is 1.36. The van der Waals surface area contributed by atoms with Gasteiger partial charge in [-0.15, -0.1) is 0 Å². The van der Waals surface area contributed by atoms with Gasteiger partial charge in [0.05, 0.1) is 18.8 Å². The van der Waals surface area contributed by atoms with Crippen LogP contribution >= 0.6 is 15.9 Å². The van der Waals surface area contributed by atoms with Gasteiger partial charge in [0.2, 0.25) is 0 Å². The second kappa shape index (κ2) is 3.56. The van der Waals surface area contributed by atoms with Crippen LogP contribution in [0.3, 0.4) is 0 Å². The zero-order valence-corrected chi connectivity index (χ0v) is 7.34. The largest absolute Gasteiger partial charge is 0.457 e. The Morgan fingerprint density at radius 1 is 1.82 bits per heavy atom. The number of hydrogen-bond donors (Lipinski definition) is 1. The molecule has 0 aliphatic rings. The molecular formula is C7H7BrN2O. The molecule has 3 nitrogen and oxygen atoms in total. The molecular weight excluding hydrogens is 208 g/mol. The number of nitrogens with zero attached hydrogens (tertiary/aromatic N) is 1. The molecule has 0 aliphatic heterocycles. The summed E-state index contributed by atoms with van der Waals surface area (Å²) in [6.45, 7) is 0. The van der Waals surface area contributed by atoms with Crippen molar-refractivity contribution in [2.75, 3.05) is 0 Å². The van der Waals surface area contributed by atoms with Gasteiger partial charge in [-0.1, -0.05) is 0 Å². The number of furan rings is 1. The predicted octanol–water partition coefficient (Wildman–Crippen LogP) is 1.96. The first-order chi connectivity index (χ1) is 5.25. The standard InChI is InChI=1S/C7H7BrN2O/c8-7-5(2-4-11-7)6(10)1-3-9/h2,4,6H,1,10H2/t6-/m0/s1. The van der Waals surface area contributed by atoms with Gasteiger partial charge >= 0.3 is 0 Å². The first-order valence-electron chi connectivity index (χ1n) is 3.11. The van der Waals surface area contributed by atoms with E-state index in [9.17, 15) is 0 Å². The molecule has 11 heavy (non-hydrogen) atoms. The van der Waals surface area contributed by atoms with Crippen LogP contribution in [0.25, 0.3) is 0 Å². The van der Waals surface area contributed by atoms with Crippen molar-refractivity contribution in [2.24, 2.45) is 5.73 Å². The number of halogens is 1. The fraction of sp³-hybridized carbons (Fsp3) is 0.286. The molecule has 1 heterocycles. The van der Waals surface area contributed by atoms with Crippen LogP contribution in [-0.2, 0) is 0 Å². The molecule has 1 rings (SSSR count). The van der Waals surface area contributed by atoms with Crippen LogP contribution in [0.5, 0.6) is 0 Å². The topological polar surface area (TPSA) is 63.0 Å². The van der Waals surface area contributed by atoms with Gasteiger partial charge in [-0.25, -0.2) is 0 Å². The highest BCUT2D eigenvalue weighted by Gasteiger charge is 2.10. The van der Waals surface area contributed by atoms with Crippen molar-refractivity contribution in [3.63, 3.8) is 0 Å². The summed E-state index contributed by atoms with van der Waals surface area (Å²) >= 11 is 3.18. The molecule has 1 aromatic rings. The quantitative estimate of drug-likeness (QED) is 0.819. The van der Waals surface area contributed by atoms with E-state index in [2.05, 4.69) is 15.9 Å². The molecule has 0 unspecified atom stereocenters. The van der Waals surface area contributed by atoms with Crippen LogP contribution in [0.4, 0.5) is 0 Å². The molecule has 0 amide bonds. The second-order valence-corrected chi connectivity index (χ2v) is 2.84. The maximum Gasteiger partial charge on any atom is 0.173 e. The third-order valence-corrected chi connectivity index (χ3v) is 2.00. The van der Waals surface area contributed by atoms with Crippen LogP contribution < -0.4 is 5.73 Å². The molecule has 0 bridgehead atoms. The van der Waals surface area contributed by atoms with Gasteiger partial charge in [0.25, 0.3) is 0 Å². The van der Waals surface area contributed by atoms with E-state index in [1.165, 1.54) is 6.26 Å². The average Bonchev–Trinajstić information content (AvgIpc) is 2.36. The molecule has 2 N–H and O–H groups in total. The van der Waals surface area contributed by atoms with Gasteiger partial charge in [-0.2, -0.15) is 5.26 Å². The van der Waals surface area contributed by atoms with Crippen LogP contribution in [0, 0.1) is 11.3 Å². The summed E-state index contributed by atoms with van der Waals surface area (Å²) in [6, 6.07) is 3.50. The van der Waals surface area contributed by atoms with E-state index in [-0.39, 0.29) is 6.04 Å². The van der Waals surface area contributed by atoms with E-state index in [1.54, 1.807) is 6.07 Å². The molecule has 0 aromatic carbocycles. The van der Waals surface area contributed by atoms with E-state index in [0.29, 0.717) is 11.1 Å². The first kappa shape index (κ1) is 8.31. The predicted molar refractivity (Wildman–Crippen MR) is 43.6 cm³/mol. The Hall–Kier alpha value is -0.790. The van der Waals surface area contributed by atoms with E-state index in [0.717, 1.165) is 5.56 Å². The van der Waals surface area contributed by atoms with Crippen LogP contribution in [0.15, 0.2) is 21.4 Å². The third kappa shape index (κ3) is 1.82. The summed E-state index contributed by atoms with van der Waals surface area (Å²) in [4.78, 5) is 0. The maximum atomic E-state index is 8.35. The molecule has 0 saturated carbocycles. The highest BCUT2D eigenvalue weighted by Crippen LogP contribution is 2.24. The lowest BCUT2D eigenvalue weighted by Gasteiger charge is -2.02. The molecule has 4 heteroatoms. The average molecular weight is 215 g/mol. The number of nitriles is 1. The Morgan fingerprint density at radius 3 is 3.00 bits per heavy atom. The fourth-order valence-electron chi connectivity index (χ4n) is 0.778. The van der Waals surface area contributed by atoms with E-state index < -0.39 is 0 Å². The minimum Gasteiger partial charge on any atom is -0.457 e. The summed E-state index contributed by atoms with van der Waals surface area (Å²) in [6.07, 6.45) is 1.84. The molecule has 58 valence electrons. The van der Waals surface area contributed by atoms with Gasteiger partial charge in [-0.3, -0.25) is 0 Å². The molecule has 0 radical (unpaired) electrons. The minimum absolute atomic E-state index is 0.256. The van der Waals surface area contributed by atoms with Crippen molar-refractivity contribution in [3.8, 4) is 6.07 Å². The molecule has 0 spiro atoms. The lowest BCUT2D eigenvalue weighted by Crippen LogP contribution is -2.08. The van der Waals surface area contributed by atoms with Gasteiger partial charge in [0.15, 0.2) is 4.67 Å². The number of hydrogen-bond acceptors (Lipinski definition) is 3. The maximum absolute atomic E-state index is 8.35. The molecule has 0 fully saturated rings. The van der Waals surface area contributed by atoms with Crippen molar-refractivity contribution >= 4 is 15.9 Å². The summed E-state index contributed by atoms with van der Waals surface area (Å²) in [5.74, 6) is 0. The van der Waals surface area contributed by atoms with E-state index >= 15 is 0 Å². The summed E-state index contributed by atoms with van der Waals surface area (Å²) in [5.41, 5.74) is 6.48. The molecule has 0 aliphatic carbocycles. The molecule has 0 saturated heterocycles. The Morgan fingerprint density at radius 2 is 2.55 bits per heavy atom. The van der Waals surface area contributed by atoms with Crippen molar-refractivity contribution in [1.29, 1.82) is 5.26 Å². The van der Waals surface area contributed by atoms with Crippen molar-refractivity contribution in [3.05, 3.63) is 22.6 Å². The summed E-state index contributed by atoms with van der Waals surface area (Å²) in [5, 5.41) is 8.35. The minimum atomic E-state index is -0.256. The summed E-state index contributed by atoms with van der Waals surface area (Å²) in [7, 11) is 0. The normalized spacial score (nSPS) is 12.5. The van der Waals surface area contributed by atoms with Gasteiger partial charge in [0, 0.05) is 11.6 Å². The lowest BCUT2D eigenvalue weighted by molar-refractivity contribution is 0.531. The monoisotopic (exact) mass is 214 g/mol. The SMILES string of the molecule is N#CC[C@H](N)c1ccoc1Br. The highest BCUT2D eigenvalue weighted by atomic mass is 79.9. The Bertz CT molecular complexity index is 276. The van der Waals surface area contributed by atoms with E-state index in [4.69, 9.17) is 15.4 Å². The molecule has 1 aromatic heterocycles. The highest BCUT2D eigenvalue weighted by molar-refractivity contribution is 9.10. The molecule has 1 atom stereocenters. The summed E-state index contributed by atoms with van der Waals surface area (Å²) < 4.78 is 5.57. The van der Waals surface area contributed by atoms with Gasteiger partial charge in [0.1, 0.15) is 0 Å². The lowest BCUT2D eigenvalue weighted by atomic mass is 10.1. The number of nitrogens with two attached hydrogens (primary N) is 1. The van der Waals surface area contributed by atoms with Crippen molar-refractivity contribution in [2.45, 2.75) is 12.5 Å². The Labute approximate surface area is 72.9 Å². The zero-order valence-electron chi connectivity index (χ0n) is 5.75. The first-order valence-corrected chi connectivity index (χ1v) is 3.90. The second-order valence-electron chi connectivity index (χ2n) is 2.12. The van der Waals surface area contributed by atoms with Crippen LogP contribution in [0.2, 0.25) is 0 Å². The Kier molecular flexibility index (Phi) is 2.69. The van der Waals surface area contributed by atoms with Crippen LogP contribution in [0.1, 0.15) is 18.0 Å². The Balaban J connectivity index is 2.77. The van der Waals surface area contributed by atoms with Crippen molar-refractivity contribution in [1.82, 2.24) is 0 Å². The van der Waals surface area contributed by atoms with Gasteiger partial charge < -0.3 is 10.2 Å². The number of rotatable bonds is 2. The smallest absolute Gasteiger partial charge is 0.173 e.